The molecule has 0 bridgehead atoms. The van der Waals surface area contributed by atoms with E-state index in [4.69, 9.17) is 39.0 Å². The predicted molar refractivity (Wildman–Crippen MR) is 134 cm³/mol. The Balaban J connectivity index is 1.93. The molecule has 0 saturated heterocycles. The molecule has 0 fully saturated rings. The fraction of sp³-hybridized carbons (Fsp3) is 0. The zero-order chi connectivity index (χ0) is 23.4. The minimum atomic E-state index is -2.68. The first kappa shape index (κ1) is 23.4. The Morgan fingerprint density at radius 3 is 1.27 bits per heavy atom. The lowest BCUT2D eigenvalue weighted by molar-refractivity contribution is -0.128. The second kappa shape index (κ2) is 10.0. The predicted octanol–water partition coefficient (Wildman–Crippen LogP) is 8.27. The van der Waals surface area contributed by atoms with Crippen molar-refractivity contribution in [2.45, 2.75) is 14.7 Å². The molecular weight excluding hydrogens is 499 g/mol. The van der Waals surface area contributed by atoms with Crippen LogP contribution in [0, 0.1) is 0 Å². The van der Waals surface area contributed by atoms with Crippen LogP contribution < -0.4 is 0 Å². The molecule has 0 aliphatic carbocycles. The molecule has 0 aliphatic rings. The molecule has 3 nitrogen and oxygen atoms in total. The van der Waals surface area contributed by atoms with E-state index in [2.05, 4.69) is 0 Å². The van der Waals surface area contributed by atoms with Gasteiger partial charge in [0.25, 0.3) is 5.78 Å². The summed E-state index contributed by atoms with van der Waals surface area (Å²) in [6, 6.07) is 29.4. The maximum atomic E-state index is 13.3. The molecule has 0 aliphatic heterocycles. The molecule has 4 aromatic rings. The number of hydrogen-bond donors (Lipinski definition) is 0. The second-order valence-electron chi connectivity index (χ2n) is 6.98. The van der Waals surface area contributed by atoms with Gasteiger partial charge in [0.2, 0.25) is 0 Å². The average Bonchev–Trinajstić information content (AvgIpc) is 2.84. The van der Waals surface area contributed by atoms with Crippen LogP contribution in [0.5, 0.6) is 0 Å². The molecular formula is C26H17Cl3O3S. The standard InChI is InChI=1S/C26H17Cl3O3S/c27-19-6-12-22(13-7-19)33(23-14-8-20(28)9-15-23,24-16-10-21(29)11-17-24)32-26(31)25(30)18-4-2-1-3-5-18/h1-17H. The molecule has 0 saturated carbocycles. The van der Waals surface area contributed by atoms with E-state index in [9.17, 15) is 9.59 Å². The molecule has 4 aromatic carbocycles. The molecule has 0 radical (unpaired) electrons. The van der Waals surface area contributed by atoms with Crippen molar-refractivity contribution in [3.8, 4) is 0 Å². The number of halogens is 3. The zero-order valence-corrected chi connectivity index (χ0v) is 20.2. The van der Waals surface area contributed by atoms with Crippen molar-refractivity contribution in [1.29, 1.82) is 0 Å². The van der Waals surface area contributed by atoms with E-state index < -0.39 is 22.1 Å². The van der Waals surface area contributed by atoms with E-state index in [1.165, 1.54) is 0 Å². The normalized spacial score (nSPS) is 11.6. The smallest absolute Gasteiger partial charge is 0.391 e. The first-order valence-electron chi connectivity index (χ1n) is 9.83. The molecule has 7 heteroatoms. The highest BCUT2D eigenvalue weighted by atomic mass is 35.5. The van der Waals surface area contributed by atoms with E-state index >= 15 is 0 Å². The van der Waals surface area contributed by atoms with Gasteiger partial charge in [-0.15, -0.1) is 0 Å². The lowest BCUT2D eigenvalue weighted by atomic mass is 10.1. The largest absolute Gasteiger partial charge is 0.396 e. The highest BCUT2D eigenvalue weighted by Gasteiger charge is 2.37. The molecule has 166 valence electrons. The van der Waals surface area contributed by atoms with Crippen molar-refractivity contribution in [3.63, 3.8) is 0 Å². The first-order chi connectivity index (χ1) is 15.9. The van der Waals surface area contributed by atoms with Crippen molar-refractivity contribution < 1.29 is 13.8 Å². The van der Waals surface area contributed by atoms with E-state index in [-0.39, 0.29) is 5.56 Å². The van der Waals surface area contributed by atoms with Crippen molar-refractivity contribution >= 4 is 56.9 Å². The van der Waals surface area contributed by atoms with Gasteiger partial charge in [-0.05, 0) is 83.1 Å². The number of ketones is 1. The number of Topliss-reactive ketones (excluding diaryl/α,β-unsaturated/α-hetero) is 1. The summed E-state index contributed by atoms with van der Waals surface area (Å²) in [5, 5.41) is 1.60. The highest BCUT2D eigenvalue weighted by Crippen LogP contribution is 2.69. The number of carbonyl (C=O) groups is 2. The van der Waals surface area contributed by atoms with Crippen molar-refractivity contribution in [2.24, 2.45) is 0 Å². The lowest BCUT2D eigenvalue weighted by Gasteiger charge is -2.39. The van der Waals surface area contributed by atoms with Crippen LogP contribution in [0.3, 0.4) is 0 Å². The molecule has 4 rings (SSSR count). The van der Waals surface area contributed by atoms with Crippen molar-refractivity contribution in [2.75, 3.05) is 0 Å². The van der Waals surface area contributed by atoms with Crippen LogP contribution in [-0.2, 0) is 8.98 Å². The van der Waals surface area contributed by atoms with Gasteiger partial charge in [-0.1, -0.05) is 65.1 Å². The zero-order valence-electron chi connectivity index (χ0n) is 17.1. The van der Waals surface area contributed by atoms with Crippen LogP contribution in [-0.4, -0.2) is 11.8 Å². The Morgan fingerprint density at radius 1 is 0.545 bits per heavy atom. The summed E-state index contributed by atoms with van der Waals surface area (Å²) in [6.07, 6.45) is 0. The Hall–Kier alpha value is -2.76. The van der Waals surface area contributed by atoms with E-state index in [0.29, 0.717) is 29.8 Å². The van der Waals surface area contributed by atoms with E-state index in [1.807, 2.05) is 0 Å². The van der Waals surface area contributed by atoms with Gasteiger partial charge < -0.3 is 4.18 Å². The summed E-state index contributed by atoms with van der Waals surface area (Å²) in [6.45, 7) is 0. The Morgan fingerprint density at radius 2 is 0.909 bits per heavy atom. The maximum Gasteiger partial charge on any atom is 0.391 e. The number of carbonyl (C=O) groups excluding carboxylic acids is 2. The summed E-state index contributed by atoms with van der Waals surface area (Å²) in [5.74, 6) is -1.69. The van der Waals surface area contributed by atoms with Gasteiger partial charge in [0.05, 0.1) is 0 Å². The summed E-state index contributed by atoms with van der Waals surface area (Å²) in [7, 11) is -2.68. The average molecular weight is 516 g/mol. The van der Waals surface area contributed by atoms with E-state index in [1.54, 1.807) is 103 Å². The third kappa shape index (κ3) is 4.94. The van der Waals surface area contributed by atoms with Gasteiger partial charge in [-0.2, -0.15) is 0 Å². The van der Waals surface area contributed by atoms with Crippen LogP contribution >= 0.6 is 45.1 Å². The molecule has 0 amide bonds. The second-order valence-corrected chi connectivity index (χ2v) is 11.0. The molecule has 0 N–H and O–H groups in total. The quantitative estimate of drug-likeness (QED) is 0.192. The number of rotatable bonds is 6. The Kier molecular flexibility index (Phi) is 7.11. The van der Waals surface area contributed by atoms with Gasteiger partial charge >= 0.3 is 5.97 Å². The van der Waals surface area contributed by atoms with E-state index in [0.717, 1.165) is 0 Å². The maximum absolute atomic E-state index is 13.3. The van der Waals surface area contributed by atoms with Gasteiger partial charge in [0.1, 0.15) is 0 Å². The summed E-state index contributed by atoms with van der Waals surface area (Å²) in [4.78, 5) is 28.3. The molecule has 0 atom stereocenters. The van der Waals surface area contributed by atoms with Crippen molar-refractivity contribution in [3.05, 3.63) is 124 Å². The van der Waals surface area contributed by atoms with Crippen LogP contribution in [0.15, 0.2) is 118 Å². The van der Waals surface area contributed by atoms with Crippen LogP contribution in [0.1, 0.15) is 10.4 Å². The minimum absolute atomic E-state index is 0.249. The fourth-order valence-corrected chi connectivity index (χ4v) is 6.63. The lowest BCUT2D eigenvalue weighted by Crippen LogP contribution is -2.21. The summed E-state index contributed by atoms with van der Waals surface area (Å²) in [5.41, 5.74) is 0.249. The minimum Gasteiger partial charge on any atom is -0.396 e. The van der Waals surface area contributed by atoms with Crippen LogP contribution in [0.25, 0.3) is 0 Å². The monoisotopic (exact) mass is 514 g/mol. The summed E-state index contributed by atoms with van der Waals surface area (Å²) < 4.78 is 6.20. The van der Waals surface area contributed by atoms with Gasteiger partial charge in [0.15, 0.2) is 0 Å². The summed E-state index contributed by atoms with van der Waals surface area (Å²) >= 11 is 18.4. The Bertz CT molecular complexity index is 1160. The third-order valence-electron chi connectivity index (χ3n) is 4.86. The topological polar surface area (TPSA) is 43.4 Å². The van der Waals surface area contributed by atoms with Crippen LogP contribution in [0.4, 0.5) is 0 Å². The molecule has 0 aromatic heterocycles. The molecule has 0 unspecified atom stereocenters. The molecule has 33 heavy (non-hydrogen) atoms. The third-order valence-corrected chi connectivity index (χ3v) is 8.82. The van der Waals surface area contributed by atoms with Gasteiger partial charge in [0, 0.05) is 35.3 Å². The molecule has 0 spiro atoms. The number of hydrogen-bond acceptors (Lipinski definition) is 3. The van der Waals surface area contributed by atoms with Crippen LogP contribution in [0.2, 0.25) is 15.1 Å². The highest BCUT2D eigenvalue weighted by molar-refractivity contribution is 8.30. The fourth-order valence-electron chi connectivity index (χ4n) is 3.29. The first-order valence-corrected chi connectivity index (χ1v) is 12.5. The SMILES string of the molecule is O=C(OS(c1ccc(Cl)cc1)(c1ccc(Cl)cc1)c1ccc(Cl)cc1)C(=O)c1ccccc1. The Labute approximate surface area is 208 Å². The number of benzene rings is 4. The van der Waals surface area contributed by atoms with Gasteiger partial charge in [-0.25, -0.2) is 4.79 Å². The molecule has 0 heterocycles. The van der Waals surface area contributed by atoms with Crippen molar-refractivity contribution in [1.82, 2.24) is 0 Å². The van der Waals surface area contributed by atoms with Gasteiger partial charge in [-0.3, -0.25) is 4.79 Å².